The van der Waals surface area contributed by atoms with Crippen molar-refractivity contribution in [1.82, 2.24) is 9.97 Å². The van der Waals surface area contributed by atoms with Crippen molar-refractivity contribution in [2.45, 2.75) is 29.7 Å². The van der Waals surface area contributed by atoms with Crippen molar-refractivity contribution in [2.75, 3.05) is 0 Å². The van der Waals surface area contributed by atoms with Crippen molar-refractivity contribution in [3.05, 3.63) is 54.2 Å². The third-order valence-corrected chi connectivity index (χ3v) is 4.17. The third-order valence-electron chi connectivity index (χ3n) is 2.86. The van der Waals surface area contributed by atoms with Gasteiger partial charge in [0.2, 0.25) is 0 Å². The highest BCUT2D eigenvalue weighted by molar-refractivity contribution is 7.99. The first-order chi connectivity index (χ1) is 9.22. The minimum atomic E-state index is -0.229. The van der Waals surface area contributed by atoms with E-state index in [1.54, 1.807) is 30.7 Å². The molecule has 0 saturated carbocycles. The normalized spacial score (nSPS) is 14.1. The number of halogens is 1. The fourth-order valence-electron chi connectivity index (χ4n) is 1.78. The molecule has 19 heavy (non-hydrogen) atoms. The minimum Gasteiger partial charge on any atom is -0.326 e. The zero-order valence-corrected chi connectivity index (χ0v) is 11.5. The van der Waals surface area contributed by atoms with Crippen LogP contribution in [0.15, 0.2) is 47.9 Å². The van der Waals surface area contributed by atoms with Gasteiger partial charge in [0.15, 0.2) is 0 Å². The maximum atomic E-state index is 13.9. The fraction of sp³-hybridized carbons (Fsp3) is 0.286. The Morgan fingerprint density at radius 2 is 2.11 bits per heavy atom. The Hall–Kier alpha value is -1.46. The Labute approximate surface area is 116 Å². The molecule has 2 aromatic rings. The highest BCUT2D eigenvalue weighted by atomic mass is 32.2. The summed E-state index contributed by atoms with van der Waals surface area (Å²) in [5, 5.41) is 0.586. The molecule has 0 aliphatic rings. The van der Waals surface area contributed by atoms with Gasteiger partial charge < -0.3 is 5.73 Å². The van der Waals surface area contributed by atoms with Crippen LogP contribution in [0.4, 0.5) is 4.39 Å². The number of hydrogen-bond donors (Lipinski definition) is 1. The average molecular weight is 277 g/mol. The topological polar surface area (TPSA) is 51.8 Å². The molecule has 0 saturated heterocycles. The van der Waals surface area contributed by atoms with Gasteiger partial charge in [-0.25, -0.2) is 9.37 Å². The van der Waals surface area contributed by atoms with E-state index >= 15 is 0 Å². The van der Waals surface area contributed by atoms with Gasteiger partial charge in [-0.15, -0.1) is 0 Å². The summed E-state index contributed by atoms with van der Waals surface area (Å²) in [6.07, 6.45) is 5.67. The second kappa shape index (κ2) is 6.63. The predicted octanol–water partition coefficient (Wildman–Crippen LogP) is 3.19. The molecule has 2 atom stereocenters. The lowest BCUT2D eigenvalue weighted by atomic mass is 10.0. The summed E-state index contributed by atoms with van der Waals surface area (Å²) in [7, 11) is 0. The Balaban J connectivity index is 2.29. The molecule has 5 heteroatoms. The Kier molecular flexibility index (Phi) is 4.87. The molecule has 1 aromatic carbocycles. The molecular formula is C14H16FN3S. The highest BCUT2D eigenvalue weighted by Crippen LogP contribution is 2.37. The van der Waals surface area contributed by atoms with Gasteiger partial charge in [0, 0.05) is 24.0 Å². The first kappa shape index (κ1) is 14.0. The largest absolute Gasteiger partial charge is 0.326 e. The maximum absolute atomic E-state index is 13.9. The molecule has 100 valence electrons. The van der Waals surface area contributed by atoms with Gasteiger partial charge in [0.1, 0.15) is 10.8 Å². The van der Waals surface area contributed by atoms with E-state index in [1.807, 2.05) is 13.0 Å². The van der Waals surface area contributed by atoms with E-state index in [4.69, 9.17) is 5.73 Å². The number of rotatable bonds is 5. The van der Waals surface area contributed by atoms with Gasteiger partial charge in [-0.05, 0) is 12.5 Å². The number of aromatic nitrogens is 2. The lowest BCUT2D eigenvalue weighted by Gasteiger charge is -2.22. The summed E-state index contributed by atoms with van der Waals surface area (Å²) < 4.78 is 13.9. The van der Waals surface area contributed by atoms with Crippen molar-refractivity contribution in [3.8, 4) is 0 Å². The number of thioether (sulfide) groups is 1. The first-order valence-corrected chi connectivity index (χ1v) is 7.03. The minimum absolute atomic E-state index is 0.135. The molecule has 0 aliphatic carbocycles. The van der Waals surface area contributed by atoms with Gasteiger partial charge >= 0.3 is 0 Å². The SMILES string of the molecule is CCC(N)C(Sc1cnccn1)c1ccccc1F. The molecule has 2 unspecified atom stereocenters. The molecule has 0 spiro atoms. The molecule has 1 aromatic heterocycles. The molecule has 2 rings (SSSR count). The summed E-state index contributed by atoms with van der Waals surface area (Å²) in [5.74, 6) is -0.229. The number of nitrogens with zero attached hydrogens (tertiary/aromatic N) is 2. The van der Waals surface area contributed by atoms with Gasteiger partial charge in [0.05, 0.1) is 11.4 Å². The van der Waals surface area contributed by atoms with Crippen LogP contribution in [-0.4, -0.2) is 16.0 Å². The monoisotopic (exact) mass is 277 g/mol. The van der Waals surface area contributed by atoms with E-state index < -0.39 is 0 Å². The summed E-state index contributed by atoms with van der Waals surface area (Å²) in [5.41, 5.74) is 6.75. The van der Waals surface area contributed by atoms with Crippen molar-refractivity contribution in [2.24, 2.45) is 5.73 Å². The maximum Gasteiger partial charge on any atom is 0.127 e. The zero-order chi connectivity index (χ0) is 13.7. The Morgan fingerprint density at radius 3 is 2.74 bits per heavy atom. The third kappa shape index (κ3) is 3.52. The van der Waals surface area contributed by atoms with Crippen molar-refractivity contribution in [3.63, 3.8) is 0 Å². The van der Waals surface area contributed by atoms with Crippen LogP contribution in [0.2, 0.25) is 0 Å². The van der Waals surface area contributed by atoms with E-state index in [-0.39, 0.29) is 17.1 Å². The van der Waals surface area contributed by atoms with Gasteiger partial charge in [-0.2, -0.15) is 0 Å². The standard InChI is InChI=1S/C14H16FN3S/c1-2-12(16)14(10-5-3-4-6-11(10)15)19-13-9-17-7-8-18-13/h3-9,12,14H,2,16H2,1H3. The molecule has 2 N–H and O–H groups in total. The molecule has 1 heterocycles. The van der Waals surface area contributed by atoms with Crippen LogP contribution >= 0.6 is 11.8 Å². The summed E-state index contributed by atoms with van der Waals surface area (Å²) in [4.78, 5) is 8.23. The number of hydrogen-bond acceptors (Lipinski definition) is 4. The molecule has 0 bridgehead atoms. The Morgan fingerprint density at radius 1 is 1.32 bits per heavy atom. The van der Waals surface area contributed by atoms with Crippen molar-refractivity contribution < 1.29 is 4.39 Å². The summed E-state index contributed by atoms with van der Waals surface area (Å²) >= 11 is 1.45. The van der Waals surface area contributed by atoms with Crippen LogP contribution in [0.25, 0.3) is 0 Å². The zero-order valence-electron chi connectivity index (χ0n) is 10.7. The number of benzene rings is 1. The van der Waals surface area contributed by atoms with E-state index in [1.165, 1.54) is 17.8 Å². The molecule has 0 radical (unpaired) electrons. The summed E-state index contributed by atoms with van der Waals surface area (Å²) in [6, 6.07) is 6.61. The lowest BCUT2D eigenvalue weighted by molar-refractivity contribution is 0.572. The first-order valence-electron chi connectivity index (χ1n) is 6.15. The van der Waals surface area contributed by atoms with Gasteiger partial charge in [-0.1, -0.05) is 36.9 Å². The van der Waals surface area contributed by atoms with Gasteiger partial charge in [-0.3, -0.25) is 4.98 Å². The van der Waals surface area contributed by atoms with Crippen molar-refractivity contribution >= 4 is 11.8 Å². The molecular weight excluding hydrogens is 261 g/mol. The van der Waals surface area contributed by atoms with E-state index in [0.29, 0.717) is 5.56 Å². The number of nitrogens with two attached hydrogens (primary N) is 1. The van der Waals surface area contributed by atoms with Crippen LogP contribution in [0.3, 0.4) is 0 Å². The van der Waals surface area contributed by atoms with E-state index in [0.717, 1.165) is 11.4 Å². The van der Waals surface area contributed by atoms with Crippen LogP contribution < -0.4 is 5.73 Å². The van der Waals surface area contributed by atoms with Gasteiger partial charge in [0.25, 0.3) is 0 Å². The van der Waals surface area contributed by atoms with Crippen LogP contribution in [0.5, 0.6) is 0 Å². The van der Waals surface area contributed by atoms with Crippen molar-refractivity contribution in [1.29, 1.82) is 0 Å². The predicted molar refractivity (Wildman–Crippen MR) is 75.3 cm³/mol. The fourth-order valence-corrected chi connectivity index (χ4v) is 2.97. The highest BCUT2D eigenvalue weighted by Gasteiger charge is 2.23. The smallest absolute Gasteiger partial charge is 0.127 e. The average Bonchev–Trinajstić information content (AvgIpc) is 2.46. The second-order valence-corrected chi connectivity index (χ2v) is 5.34. The quantitative estimate of drug-likeness (QED) is 0.853. The summed E-state index contributed by atoms with van der Waals surface area (Å²) in [6.45, 7) is 2.00. The molecule has 0 amide bonds. The van der Waals surface area contributed by atoms with Crippen LogP contribution in [0, 0.1) is 5.82 Å². The van der Waals surface area contributed by atoms with E-state index in [9.17, 15) is 4.39 Å². The van der Waals surface area contributed by atoms with Crippen LogP contribution in [0.1, 0.15) is 24.2 Å². The van der Waals surface area contributed by atoms with E-state index in [2.05, 4.69) is 9.97 Å². The molecule has 3 nitrogen and oxygen atoms in total. The Bertz CT molecular complexity index is 521. The van der Waals surface area contributed by atoms with Crippen LogP contribution in [-0.2, 0) is 0 Å². The molecule has 0 aliphatic heterocycles. The molecule has 0 fully saturated rings. The second-order valence-electron chi connectivity index (χ2n) is 4.18. The lowest BCUT2D eigenvalue weighted by Crippen LogP contribution is -2.26.